The van der Waals surface area contributed by atoms with E-state index in [9.17, 15) is 0 Å². The summed E-state index contributed by atoms with van der Waals surface area (Å²) in [7, 11) is 3.35. The van der Waals surface area contributed by atoms with Gasteiger partial charge in [-0.25, -0.2) is 0 Å². The summed E-state index contributed by atoms with van der Waals surface area (Å²) in [5.74, 6) is 1.71. The fraction of sp³-hybridized carbons (Fsp3) is 0.857. The van der Waals surface area contributed by atoms with Crippen molar-refractivity contribution < 1.29 is 14.0 Å². The first-order valence-electron chi connectivity index (χ1n) is 7.36. The van der Waals surface area contributed by atoms with Crippen LogP contribution in [0.15, 0.2) is 4.52 Å². The molecule has 1 saturated carbocycles. The molecule has 0 bridgehead atoms. The lowest BCUT2D eigenvalue weighted by Gasteiger charge is -2.26. The molecule has 0 saturated heterocycles. The number of rotatable bonds is 7. The average Bonchev–Trinajstić information content (AvgIpc) is 2.95. The molecule has 1 aromatic heterocycles. The van der Waals surface area contributed by atoms with E-state index >= 15 is 0 Å². The molecular weight excluding hydrogens is 258 g/mol. The third-order valence-corrected chi connectivity index (χ3v) is 4.07. The summed E-state index contributed by atoms with van der Waals surface area (Å²) < 4.78 is 16.1. The molecule has 2 unspecified atom stereocenters. The number of aromatic nitrogens is 2. The first-order valence-corrected chi connectivity index (χ1v) is 7.36. The maximum Gasteiger partial charge on any atom is 0.229 e. The molecule has 0 aromatic carbocycles. The topological polar surface area (TPSA) is 83.4 Å². The SMILES string of the molecule is COC(CN)Cc1nc(C(OC)C2CCCCC2)no1. The van der Waals surface area contributed by atoms with Crippen LogP contribution in [-0.4, -0.2) is 37.0 Å². The Morgan fingerprint density at radius 3 is 2.60 bits per heavy atom. The fourth-order valence-electron chi connectivity index (χ4n) is 2.87. The number of hydrogen-bond acceptors (Lipinski definition) is 6. The molecule has 114 valence electrons. The molecule has 1 aliphatic carbocycles. The lowest BCUT2D eigenvalue weighted by atomic mass is 9.85. The lowest BCUT2D eigenvalue weighted by molar-refractivity contribution is 0.0273. The molecule has 2 atom stereocenters. The van der Waals surface area contributed by atoms with Gasteiger partial charge in [-0.15, -0.1) is 0 Å². The van der Waals surface area contributed by atoms with Crippen LogP contribution >= 0.6 is 0 Å². The maximum atomic E-state index is 5.61. The zero-order valence-electron chi connectivity index (χ0n) is 12.4. The first-order chi connectivity index (χ1) is 9.78. The van der Waals surface area contributed by atoms with Crippen LogP contribution in [-0.2, 0) is 15.9 Å². The minimum Gasteiger partial charge on any atom is -0.380 e. The fourth-order valence-corrected chi connectivity index (χ4v) is 2.87. The number of nitrogens with two attached hydrogens (primary N) is 1. The number of hydrogen-bond donors (Lipinski definition) is 1. The summed E-state index contributed by atoms with van der Waals surface area (Å²) in [6.07, 6.45) is 6.57. The van der Waals surface area contributed by atoms with E-state index in [2.05, 4.69) is 10.1 Å². The largest absolute Gasteiger partial charge is 0.380 e. The zero-order chi connectivity index (χ0) is 14.4. The van der Waals surface area contributed by atoms with E-state index < -0.39 is 0 Å². The standard InChI is InChI=1S/C14H25N3O3/c1-18-11(9-15)8-12-16-14(17-20-12)13(19-2)10-6-4-3-5-7-10/h10-11,13H,3-9,15H2,1-2H3. The molecule has 1 heterocycles. The van der Waals surface area contributed by atoms with Gasteiger partial charge in [-0.3, -0.25) is 0 Å². The molecule has 20 heavy (non-hydrogen) atoms. The summed E-state index contributed by atoms with van der Waals surface area (Å²) in [6, 6.07) is 0. The van der Waals surface area contributed by atoms with Gasteiger partial charge in [-0.2, -0.15) is 4.98 Å². The second kappa shape index (κ2) is 7.71. The highest BCUT2D eigenvalue weighted by molar-refractivity contribution is 4.96. The van der Waals surface area contributed by atoms with Crippen LogP contribution in [0.2, 0.25) is 0 Å². The predicted octanol–water partition coefficient (Wildman–Crippen LogP) is 1.85. The molecule has 1 aliphatic rings. The van der Waals surface area contributed by atoms with E-state index in [1.54, 1.807) is 14.2 Å². The van der Waals surface area contributed by atoms with Crippen molar-refractivity contribution in [1.82, 2.24) is 10.1 Å². The Morgan fingerprint density at radius 1 is 1.25 bits per heavy atom. The number of ether oxygens (including phenoxy) is 2. The van der Waals surface area contributed by atoms with Crippen LogP contribution in [0.1, 0.15) is 49.9 Å². The Labute approximate surface area is 120 Å². The van der Waals surface area contributed by atoms with Crippen LogP contribution < -0.4 is 5.73 Å². The Morgan fingerprint density at radius 2 is 2.00 bits per heavy atom. The molecule has 0 amide bonds. The van der Waals surface area contributed by atoms with Crippen molar-refractivity contribution in [2.75, 3.05) is 20.8 Å². The van der Waals surface area contributed by atoms with E-state index in [0.717, 1.165) is 0 Å². The van der Waals surface area contributed by atoms with Crippen molar-refractivity contribution in [2.45, 2.75) is 50.7 Å². The highest BCUT2D eigenvalue weighted by atomic mass is 16.5. The van der Waals surface area contributed by atoms with Gasteiger partial charge in [0.2, 0.25) is 11.7 Å². The molecule has 0 spiro atoms. The third kappa shape index (κ3) is 3.77. The minimum absolute atomic E-state index is 0.0633. The van der Waals surface area contributed by atoms with Gasteiger partial charge in [0.25, 0.3) is 0 Å². The van der Waals surface area contributed by atoms with Crippen LogP contribution in [0, 0.1) is 5.92 Å². The summed E-state index contributed by atoms with van der Waals surface area (Å²) in [5.41, 5.74) is 5.60. The molecule has 6 heteroatoms. The molecule has 0 radical (unpaired) electrons. The summed E-state index contributed by atoms with van der Waals surface area (Å²) >= 11 is 0. The van der Waals surface area contributed by atoms with Crippen molar-refractivity contribution in [2.24, 2.45) is 11.7 Å². The van der Waals surface area contributed by atoms with Crippen LogP contribution in [0.5, 0.6) is 0 Å². The second-order valence-corrected chi connectivity index (χ2v) is 5.40. The Balaban J connectivity index is 2.01. The van der Waals surface area contributed by atoms with E-state index in [0.29, 0.717) is 30.6 Å². The summed E-state index contributed by atoms with van der Waals surface area (Å²) in [4.78, 5) is 4.45. The van der Waals surface area contributed by atoms with Crippen molar-refractivity contribution in [3.8, 4) is 0 Å². The van der Waals surface area contributed by atoms with Gasteiger partial charge in [0.05, 0.1) is 12.5 Å². The number of nitrogens with zero attached hydrogens (tertiary/aromatic N) is 2. The van der Waals surface area contributed by atoms with Crippen LogP contribution in [0.3, 0.4) is 0 Å². The normalized spacial score (nSPS) is 19.9. The Bertz CT molecular complexity index is 387. The third-order valence-electron chi connectivity index (χ3n) is 4.07. The van der Waals surface area contributed by atoms with Crippen molar-refractivity contribution in [3.63, 3.8) is 0 Å². The van der Waals surface area contributed by atoms with Crippen molar-refractivity contribution in [1.29, 1.82) is 0 Å². The van der Waals surface area contributed by atoms with E-state index in [4.69, 9.17) is 19.7 Å². The van der Waals surface area contributed by atoms with Gasteiger partial charge in [-0.05, 0) is 18.8 Å². The quantitative estimate of drug-likeness (QED) is 0.822. The second-order valence-electron chi connectivity index (χ2n) is 5.40. The minimum atomic E-state index is -0.0843. The smallest absolute Gasteiger partial charge is 0.229 e. The van der Waals surface area contributed by atoms with Gasteiger partial charge in [0, 0.05) is 20.8 Å². The molecular formula is C14H25N3O3. The van der Waals surface area contributed by atoms with Crippen LogP contribution in [0.25, 0.3) is 0 Å². The zero-order valence-corrected chi connectivity index (χ0v) is 12.4. The molecule has 1 aromatic rings. The van der Waals surface area contributed by atoms with Gasteiger partial charge in [-0.1, -0.05) is 24.4 Å². The monoisotopic (exact) mass is 283 g/mol. The molecule has 2 N–H and O–H groups in total. The molecule has 1 fully saturated rings. The summed E-state index contributed by atoms with van der Waals surface area (Å²) in [6.45, 7) is 0.435. The highest BCUT2D eigenvalue weighted by Crippen LogP contribution is 2.35. The van der Waals surface area contributed by atoms with Crippen LogP contribution in [0.4, 0.5) is 0 Å². The molecule has 2 rings (SSSR count). The van der Waals surface area contributed by atoms with Crippen molar-refractivity contribution >= 4 is 0 Å². The van der Waals surface area contributed by atoms with Crippen molar-refractivity contribution in [3.05, 3.63) is 11.7 Å². The molecule has 6 nitrogen and oxygen atoms in total. The van der Waals surface area contributed by atoms with E-state index in [1.807, 2.05) is 0 Å². The highest BCUT2D eigenvalue weighted by Gasteiger charge is 2.29. The van der Waals surface area contributed by atoms with Gasteiger partial charge < -0.3 is 19.7 Å². The Kier molecular flexibility index (Phi) is 5.94. The van der Waals surface area contributed by atoms with Gasteiger partial charge >= 0.3 is 0 Å². The van der Waals surface area contributed by atoms with E-state index in [-0.39, 0.29) is 12.2 Å². The summed E-state index contributed by atoms with van der Waals surface area (Å²) in [5, 5.41) is 4.08. The maximum absolute atomic E-state index is 5.61. The Hall–Kier alpha value is -0.980. The van der Waals surface area contributed by atoms with Gasteiger partial charge in [0.1, 0.15) is 6.10 Å². The van der Waals surface area contributed by atoms with Gasteiger partial charge in [0.15, 0.2) is 0 Å². The number of methoxy groups -OCH3 is 2. The first kappa shape index (κ1) is 15.4. The van der Waals surface area contributed by atoms with E-state index in [1.165, 1.54) is 32.1 Å². The predicted molar refractivity (Wildman–Crippen MR) is 74.2 cm³/mol. The molecule has 0 aliphatic heterocycles. The average molecular weight is 283 g/mol. The lowest BCUT2D eigenvalue weighted by Crippen LogP contribution is -2.25.